The molecule has 4 atom stereocenters. The predicted molar refractivity (Wildman–Crippen MR) is 174 cm³/mol. The van der Waals surface area contributed by atoms with Gasteiger partial charge in [0, 0.05) is 54.1 Å². The molecule has 2 aromatic rings. The first-order valence-electron chi connectivity index (χ1n) is 16.8. The zero-order chi connectivity index (χ0) is 35.2. The molecule has 4 saturated heterocycles. The summed E-state index contributed by atoms with van der Waals surface area (Å²) in [5, 5.41) is 10.7. The van der Waals surface area contributed by atoms with Crippen molar-refractivity contribution in [3.8, 4) is 0 Å². The summed E-state index contributed by atoms with van der Waals surface area (Å²) in [6, 6.07) is 7.57. The number of ether oxygens (including phenoxy) is 5. The maximum Gasteiger partial charge on any atom is 0.340 e. The molecule has 1 aromatic heterocycles. The fraction of sp³-hybridized carbons (Fsp3) is 0.629. The molecule has 49 heavy (non-hydrogen) atoms. The molecule has 0 saturated carbocycles. The molecule has 268 valence electrons. The highest BCUT2D eigenvalue weighted by Crippen LogP contribution is 2.39. The third kappa shape index (κ3) is 8.42. The molecular weight excluding hydrogens is 638 g/mol. The number of H-pyrrole nitrogens is 1. The van der Waals surface area contributed by atoms with E-state index in [-0.39, 0.29) is 91.1 Å². The Morgan fingerprint density at radius 1 is 0.694 bits per heavy atom. The van der Waals surface area contributed by atoms with Crippen molar-refractivity contribution in [1.82, 2.24) is 14.8 Å². The monoisotopic (exact) mass is 685 g/mol. The summed E-state index contributed by atoms with van der Waals surface area (Å²) in [6.45, 7) is 0.398. The second-order valence-electron chi connectivity index (χ2n) is 13.4. The van der Waals surface area contributed by atoms with Crippen molar-refractivity contribution in [1.29, 1.82) is 0 Å². The van der Waals surface area contributed by atoms with Gasteiger partial charge in [0.2, 0.25) is 0 Å². The minimum atomic E-state index is -0.360. The number of aromatic nitrogens is 1. The number of nitrogens with zero attached hydrogens (tertiary/aromatic N) is 2. The summed E-state index contributed by atoms with van der Waals surface area (Å²) in [5.41, 5.74) is 1.40. The Kier molecular flexibility index (Phi) is 11.9. The van der Waals surface area contributed by atoms with Gasteiger partial charge in [-0.15, -0.1) is 0 Å². The highest BCUT2D eigenvalue weighted by Gasteiger charge is 2.46. The molecule has 0 spiro atoms. The van der Waals surface area contributed by atoms with Crippen LogP contribution >= 0.6 is 0 Å². The number of piperidine rings is 4. The number of carbonyl (C=O) groups excluding carboxylic acids is 5. The lowest BCUT2D eigenvalue weighted by Gasteiger charge is -2.49. The number of esters is 5. The maximum atomic E-state index is 12.8. The van der Waals surface area contributed by atoms with E-state index in [0.29, 0.717) is 56.9 Å². The van der Waals surface area contributed by atoms with Gasteiger partial charge in [0.15, 0.2) is 0 Å². The van der Waals surface area contributed by atoms with E-state index >= 15 is 0 Å². The van der Waals surface area contributed by atoms with Gasteiger partial charge >= 0.3 is 29.8 Å². The van der Waals surface area contributed by atoms with Crippen LogP contribution in [-0.2, 0) is 42.9 Å². The van der Waals surface area contributed by atoms with Gasteiger partial charge in [0.05, 0.1) is 65.0 Å². The van der Waals surface area contributed by atoms with Gasteiger partial charge in [-0.05, 0) is 44.6 Å². The number of carbonyl (C=O) groups is 5. The van der Waals surface area contributed by atoms with E-state index in [2.05, 4.69) is 14.8 Å². The number of nitrogens with one attached hydrogen (secondary N) is 1. The molecule has 1 aromatic carbocycles. The third-order valence-electron chi connectivity index (χ3n) is 10.5. The van der Waals surface area contributed by atoms with Crippen LogP contribution in [0.25, 0.3) is 10.9 Å². The van der Waals surface area contributed by atoms with Crippen molar-refractivity contribution in [2.75, 3.05) is 41.5 Å². The Morgan fingerprint density at radius 3 is 1.63 bits per heavy atom. The number of rotatable bonds is 8. The van der Waals surface area contributed by atoms with Crippen LogP contribution in [-0.4, -0.2) is 128 Å². The standard InChI is InChI=1S/C22H26N2O6.C13H21NO5/c1-28-20(25)12-24-14-7-13(21(26)29-2)8-15(24)10-16(9-14)30-22(27)18-11-23-19-6-4-3-5-17(18)19;1-18-12(16)7-14-9-3-8(13(17)19-2)4-10(14)6-11(15)5-9/h3-6,11,13-16,23H,7-10,12H2,1-2H3;8-11,15H,3-7H2,1-2H3. The average molecular weight is 686 g/mol. The van der Waals surface area contributed by atoms with E-state index in [4.69, 9.17) is 23.7 Å². The van der Waals surface area contributed by atoms with Gasteiger partial charge in [-0.3, -0.25) is 29.0 Å². The molecule has 4 bridgehead atoms. The van der Waals surface area contributed by atoms with Crippen LogP contribution in [0.2, 0.25) is 0 Å². The molecule has 2 N–H and O–H groups in total. The smallest absolute Gasteiger partial charge is 0.340 e. The molecule has 14 nitrogen and oxygen atoms in total. The number of benzene rings is 1. The lowest BCUT2D eigenvalue weighted by atomic mass is 9.77. The van der Waals surface area contributed by atoms with E-state index in [1.165, 1.54) is 28.4 Å². The van der Waals surface area contributed by atoms with E-state index < -0.39 is 0 Å². The van der Waals surface area contributed by atoms with Crippen LogP contribution in [0.3, 0.4) is 0 Å². The zero-order valence-electron chi connectivity index (χ0n) is 28.5. The Bertz CT molecular complexity index is 1480. The third-order valence-corrected chi connectivity index (χ3v) is 10.5. The fourth-order valence-electron chi connectivity index (χ4n) is 8.21. The first-order chi connectivity index (χ1) is 23.5. The van der Waals surface area contributed by atoms with Gasteiger partial charge in [-0.1, -0.05) is 18.2 Å². The van der Waals surface area contributed by atoms with Crippen LogP contribution in [0.15, 0.2) is 30.5 Å². The number of aromatic amines is 1. The average Bonchev–Trinajstić information content (AvgIpc) is 3.52. The maximum absolute atomic E-state index is 12.8. The summed E-state index contributed by atoms with van der Waals surface area (Å²) >= 11 is 0. The topological polar surface area (TPSA) is 174 Å². The van der Waals surface area contributed by atoms with Crippen LogP contribution < -0.4 is 0 Å². The van der Waals surface area contributed by atoms with E-state index in [1.807, 2.05) is 24.3 Å². The van der Waals surface area contributed by atoms with Crippen molar-refractivity contribution in [2.24, 2.45) is 11.8 Å². The molecule has 4 fully saturated rings. The number of fused-ring (bicyclic) bond motifs is 5. The molecule has 4 aliphatic heterocycles. The number of aliphatic hydroxyl groups excluding tert-OH is 1. The molecule has 5 heterocycles. The first-order valence-corrected chi connectivity index (χ1v) is 16.8. The normalized spacial score (nSPS) is 29.5. The molecule has 0 aliphatic carbocycles. The lowest BCUT2D eigenvalue weighted by molar-refractivity contribution is -0.155. The minimum Gasteiger partial charge on any atom is -0.469 e. The second-order valence-corrected chi connectivity index (χ2v) is 13.4. The summed E-state index contributed by atoms with van der Waals surface area (Å²) in [4.78, 5) is 67.2. The number of hydrogen-bond acceptors (Lipinski definition) is 13. The zero-order valence-corrected chi connectivity index (χ0v) is 28.5. The molecule has 4 unspecified atom stereocenters. The summed E-state index contributed by atoms with van der Waals surface area (Å²) in [5.74, 6) is -1.69. The number of hydrogen-bond donors (Lipinski definition) is 2. The Hall–Kier alpha value is -4.01. The van der Waals surface area contributed by atoms with Crippen molar-refractivity contribution in [2.45, 2.75) is 87.7 Å². The number of aliphatic hydroxyl groups is 1. The molecule has 14 heteroatoms. The minimum absolute atomic E-state index is 0.0469. The summed E-state index contributed by atoms with van der Waals surface area (Å²) in [6.07, 6.45) is 5.80. The summed E-state index contributed by atoms with van der Waals surface area (Å²) < 4.78 is 25.1. The SMILES string of the molecule is COC(=O)CN1C2CC(O)CC1CC(C(=O)OC)C2.COC(=O)CN1C2CC(OC(=O)c3c[nH]c4ccccc34)CC1CC(C(=O)OC)C2. The van der Waals surface area contributed by atoms with E-state index in [0.717, 1.165) is 10.9 Å². The lowest BCUT2D eigenvalue weighted by Crippen LogP contribution is -2.58. The Morgan fingerprint density at radius 2 is 1.16 bits per heavy atom. The highest BCUT2D eigenvalue weighted by molar-refractivity contribution is 6.04. The highest BCUT2D eigenvalue weighted by atomic mass is 16.5. The van der Waals surface area contributed by atoms with Gasteiger partial charge in [0.1, 0.15) is 6.10 Å². The van der Waals surface area contributed by atoms with Crippen molar-refractivity contribution < 1.29 is 52.8 Å². The predicted octanol–water partition coefficient (Wildman–Crippen LogP) is 2.22. The van der Waals surface area contributed by atoms with Crippen LogP contribution in [0.5, 0.6) is 0 Å². The quantitative estimate of drug-likeness (QED) is 0.306. The first kappa shape index (κ1) is 36.3. The number of para-hydroxylation sites is 1. The largest absolute Gasteiger partial charge is 0.469 e. The van der Waals surface area contributed by atoms with Gasteiger partial charge in [-0.25, -0.2) is 4.79 Å². The van der Waals surface area contributed by atoms with Crippen molar-refractivity contribution in [3.05, 3.63) is 36.0 Å². The summed E-state index contributed by atoms with van der Waals surface area (Å²) in [7, 11) is 5.53. The Labute approximate surface area is 285 Å². The molecule has 0 amide bonds. The fourth-order valence-corrected chi connectivity index (χ4v) is 8.21. The van der Waals surface area contributed by atoms with Gasteiger partial charge < -0.3 is 33.8 Å². The molecule has 0 radical (unpaired) electrons. The Balaban J connectivity index is 0.000000212. The van der Waals surface area contributed by atoms with Crippen LogP contribution in [0.1, 0.15) is 61.7 Å². The molecule has 6 rings (SSSR count). The second kappa shape index (κ2) is 16.1. The van der Waals surface area contributed by atoms with Crippen molar-refractivity contribution in [3.63, 3.8) is 0 Å². The van der Waals surface area contributed by atoms with Crippen molar-refractivity contribution >= 4 is 40.7 Å². The molecule has 4 aliphatic rings. The van der Waals surface area contributed by atoms with Gasteiger partial charge in [0.25, 0.3) is 0 Å². The van der Waals surface area contributed by atoms with Crippen LogP contribution in [0, 0.1) is 11.8 Å². The number of methoxy groups -OCH3 is 4. The van der Waals surface area contributed by atoms with Gasteiger partial charge in [-0.2, -0.15) is 0 Å². The van der Waals surface area contributed by atoms with Crippen LogP contribution in [0.4, 0.5) is 0 Å². The van der Waals surface area contributed by atoms with E-state index in [9.17, 15) is 29.1 Å². The molecular formula is C35H47N3O11. The van der Waals surface area contributed by atoms with E-state index in [1.54, 1.807) is 6.20 Å².